The molecule has 0 aliphatic carbocycles. The summed E-state index contributed by atoms with van der Waals surface area (Å²) in [5.74, 6) is 1.01. The number of likely N-dealkylation sites (N-methyl/N-ethyl adjacent to an activating group) is 1. The average molecular weight is 318 g/mol. The lowest BCUT2D eigenvalue weighted by atomic mass is 9.94. The van der Waals surface area contributed by atoms with Crippen molar-refractivity contribution >= 4 is 5.91 Å². The van der Waals surface area contributed by atoms with Crippen LogP contribution in [0.2, 0.25) is 0 Å². The Morgan fingerprint density at radius 1 is 1.22 bits per heavy atom. The van der Waals surface area contributed by atoms with Gasteiger partial charge in [-0.3, -0.25) is 4.79 Å². The molecule has 1 unspecified atom stereocenters. The zero-order valence-corrected chi connectivity index (χ0v) is 14.0. The molecular weight excluding hydrogens is 292 g/mol. The summed E-state index contributed by atoms with van der Waals surface area (Å²) in [6.45, 7) is 5.17. The van der Waals surface area contributed by atoms with Gasteiger partial charge >= 0.3 is 0 Å². The first kappa shape index (κ1) is 16.3. The van der Waals surface area contributed by atoms with E-state index in [4.69, 9.17) is 0 Å². The fourth-order valence-electron chi connectivity index (χ4n) is 3.55. The molecule has 3 heterocycles. The highest BCUT2D eigenvalue weighted by molar-refractivity contribution is 5.92. The van der Waals surface area contributed by atoms with Gasteiger partial charge in [0, 0.05) is 31.2 Å². The van der Waals surface area contributed by atoms with Gasteiger partial charge in [0.15, 0.2) is 0 Å². The lowest BCUT2D eigenvalue weighted by Crippen LogP contribution is -2.40. The molecule has 1 N–H and O–H groups in total. The topological polar surface area (TPSA) is 69.6 Å². The molecule has 6 nitrogen and oxygen atoms in total. The van der Waals surface area contributed by atoms with Crippen LogP contribution in [0.5, 0.6) is 0 Å². The quantitative estimate of drug-likeness (QED) is 0.887. The van der Waals surface area contributed by atoms with Crippen molar-refractivity contribution in [2.45, 2.75) is 44.6 Å². The lowest BCUT2D eigenvalue weighted by Gasteiger charge is -2.31. The van der Waals surface area contributed by atoms with Gasteiger partial charge in [0.25, 0.3) is 5.91 Å². The zero-order valence-electron chi connectivity index (χ0n) is 14.0. The van der Waals surface area contributed by atoms with E-state index in [1.807, 2.05) is 13.0 Å². The molecule has 0 radical (unpaired) electrons. The molecule has 23 heavy (non-hydrogen) atoms. The summed E-state index contributed by atoms with van der Waals surface area (Å²) in [6.07, 6.45) is 3.30. The highest BCUT2D eigenvalue weighted by Crippen LogP contribution is 2.25. The number of piperidine rings is 2. The summed E-state index contributed by atoms with van der Waals surface area (Å²) in [4.78, 5) is 25.8. The minimum Gasteiger partial charge on any atom is -0.393 e. The minimum atomic E-state index is -0.278. The average Bonchev–Trinajstić information content (AvgIpc) is 2.54. The maximum absolute atomic E-state index is 12.7. The molecule has 126 valence electrons. The van der Waals surface area contributed by atoms with Crippen molar-refractivity contribution in [2.24, 2.45) is 0 Å². The van der Waals surface area contributed by atoms with E-state index in [1.54, 1.807) is 4.90 Å². The van der Waals surface area contributed by atoms with E-state index < -0.39 is 0 Å². The van der Waals surface area contributed by atoms with E-state index >= 15 is 0 Å². The second kappa shape index (κ2) is 6.93. The van der Waals surface area contributed by atoms with Crippen LogP contribution in [0, 0.1) is 6.92 Å². The molecule has 6 heteroatoms. The van der Waals surface area contributed by atoms with E-state index in [0.717, 1.165) is 31.6 Å². The number of hydrogen-bond donors (Lipinski definition) is 1. The Hall–Kier alpha value is -1.53. The number of amides is 1. The summed E-state index contributed by atoms with van der Waals surface area (Å²) < 4.78 is 0. The SMILES string of the molecule is Cc1nc(C(=O)N2CCC(O)CC2)cc(C2CCCN(C)C2)n1. The summed E-state index contributed by atoms with van der Waals surface area (Å²) in [5, 5.41) is 9.59. The lowest BCUT2D eigenvalue weighted by molar-refractivity contribution is 0.0541. The summed E-state index contributed by atoms with van der Waals surface area (Å²) in [5.41, 5.74) is 1.49. The van der Waals surface area contributed by atoms with Crippen molar-refractivity contribution in [3.63, 3.8) is 0 Å². The van der Waals surface area contributed by atoms with Crippen LogP contribution in [0.1, 0.15) is 53.6 Å². The van der Waals surface area contributed by atoms with Gasteiger partial charge < -0.3 is 14.9 Å². The number of aryl methyl sites for hydroxylation is 1. The van der Waals surface area contributed by atoms with Crippen LogP contribution in [0.3, 0.4) is 0 Å². The third-order valence-corrected chi connectivity index (χ3v) is 4.87. The molecule has 3 rings (SSSR count). The maximum Gasteiger partial charge on any atom is 0.272 e. The van der Waals surface area contributed by atoms with Crippen LogP contribution in [0.15, 0.2) is 6.07 Å². The predicted molar refractivity (Wildman–Crippen MR) is 87.4 cm³/mol. The Bertz CT molecular complexity index is 570. The number of aromatic nitrogens is 2. The van der Waals surface area contributed by atoms with Crippen LogP contribution in [0.25, 0.3) is 0 Å². The number of carbonyl (C=O) groups excluding carboxylic acids is 1. The van der Waals surface area contributed by atoms with Crippen LogP contribution >= 0.6 is 0 Å². The number of aliphatic hydroxyl groups excluding tert-OH is 1. The van der Waals surface area contributed by atoms with Crippen molar-refractivity contribution in [1.82, 2.24) is 19.8 Å². The number of rotatable bonds is 2. The van der Waals surface area contributed by atoms with Gasteiger partial charge in [-0.1, -0.05) is 0 Å². The van der Waals surface area contributed by atoms with Gasteiger partial charge in [-0.25, -0.2) is 9.97 Å². The highest BCUT2D eigenvalue weighted by Gasteiger charge is 2.26. The molecule has 2 aliphatic heterocycles. The molecule has 2 saturated heterocycles. The first-order chi connectivity index (χ1) is 11.0. The fraction of sp³-hybridized carbons (Fsp3) is 0.706. The van der Waals surface area contributed by atoms with Gasteiger partial charge in [-0.15, -0.1) is 0 Å². The second-order valence-electron chi connectivity index (χ2n) is 6.85. The zero-order chi connectivity index (χ0) is 16.4. The van der Waals surface area contributed by atoms with E-state index in [0.29, 0.717) is 43.4 Å². The Balaban J connectivity index is 1.78. The first-order valence-electron chi connectivity index (χ1n) is 8.54. The third-order valence-electron chi connectivity index (χ3n) is 4.87. The summed E-state index contributed by atoms with van der Waals surface area (Å²) in [7, 11) is 2.13. The highest BCUT2D eigenvalue weighted by atomic mass is 16.3. The Labute approximate surface area is 137 Å². The van der Waals surface area contributed by atoms with Crippen molar-refractivity contribution in [3.05, 3.63) is 23.3 Å². The number of likely N-dealkylation sites (tertiary alicyclic amines) is 2. The van der Waals surface area contributed by atoms with Gasteiger partial charge in [-0.2, -0.15) is 0 Å². The molecule has 0 aromatic carbocycles. The molecule has 1 amide bonds. The first-order valence-corrected chi connectivity index (χ1v) is 8.54. The van der Waals surface area contributed by atoms with Crippen molar-refractivity contribution in [3.8, 4) is 0 Å². The smallest absolute Gasteiger partial charge is 0.272 e. The largest absolute Gasteiger partial charge is 0.393 e. The van der Waals surface area contributed by atoms with Crippen LogP contribution in [-0.4, -0.2) is 70.1 Å². The van der Waals surface area contributed by atoms with Crippen LogP contribution in [-0.2, 0) is 0 Å². The van der Waals surface area contributed by atoms with Gasteiger partial charge in [0.2, 0.25) is 0 Å². The monoisotopic (exact) mass is 318 g/mol. The maximum atomic E-state index is 12.7. The molecule has 0 bridgehead atoms. The van der Waals surface area contributed by atoms with Crippen molar-refractivity contribution in [1.29, 1.82) is 0 Å². The van der Waals surface area contributed by atoms with Crippen molar-refractivity contribution < 1.29 is 9.90 Å². The second-order valence-corrected chi connectivity index (χ2v) is 6.85. The summed E-state index contributed by atoms with van der Waals surface area (Å²) >= 11 is 0. The number of nitrogens with zero attached hydrogens (tertiary/aromatic N) is 4. The molecule has 0 spiro atoms. The molecule has 2 aliphatic rings. The number of hydrogen-bond acceptors (Lipinski definition) is 5. The van der Waals surface area contributed by atoms with Gasteiger partial charge in [0.05, 0.1) is 6.10 Å². The van der Waals surface area contributed by atoms with Crippen molar-refractivity contribution in [2.75, 3.05) is 33.2 Å². The Morgan fingerprint density at radius 3 is 2.65 bits per heavy atom. The molecule has 1 atom stereocenters. The summed E-state index contributed by atoms with van der Waals surface area (Å²) in [6, 6.07) is 1.88. The van der Waals surface area contributed by atoms with Crippen LogP contribution < -0.4 is 0 Å². The Morgan fingerprint density at radius 2 is 1.96 bits per heavy atom. The van der Waals surface area contributed by atoms with E-state index in [2.05, 4.69) is 21.9 Å². The predicted octanol–water partition coefficient (Wildman–Crippen LogP) is 1.19. The molecule has 0 saturated carbocycles. The number of carbonyl (C=O) groups is 1. The molecule has 2 fully saturated rings. The van der Waals surface area contributed by atoms with E-state index in [1.165, 1.54) is 0 Å². The minimum absolute atomic E-state index is 0.0344. The number of aliphatic hydroxyl groups is 1. The van der Waals surface area contributed by atoms with Gasteiger partial charge in [0.1, 0.15) is 11.5 Å². The fourth-order valence-corrected chi connectivity index (χ4v) is 3.55. The van der Waals surface area contributed by atoms with Crippen LogP contribution in [0.4, 0.5) is 0 Å². The molecule has 1 aromatic rings. The van der Waals surface area contributed by atoms with E-state index in [9.17, 15) is 9.90 Å². The molecular formula is C17H26N4O2. The normalized spacial score (nSPS) is 24.0. The van der Waals surface area contributed by atoms with Gasteiger partial charge in [-0.05, 0) is 52.3 Å². The standard InChI is InChI=1S/C17H26N4O2/c1-12-18-15(13-4-3-7-20(2)11-13)10-16(19-12)17(23)21-8-5-14(22)6-9-21/h10,13-14,22H,3-9,11H2,1-2H3. The van der Waals surface area contributed by atoms with E-state index in [-0.39, 0.29) is 12.0 Å². The third kappa shape index (κ3) is 3.87. The molecule has 1 aromatic heterocycles. The Kier molecular flexibility index (Phi) is 4.92.